The van der Waals surface area contributed by atoms with Crippen LogP contribution in [0.25, 0.3) is 0 Å². The van der Waals surface area contributed by atoms with Crippen LogP contribution < -0.4 is 0 Å². The van der Waals surface area contributed by atoms with Gasteiger partial charge in [-0.3, -0.25) is 4.99 Å². The van der Waals surface area contributed by atoms with Crippen LogP contribution in [-0.4, -0.2) is 5.71 Å². The summed E-state index contributed by atoms with van der Waals surface area (Å²) in [5.41, 5.74) is 1.13. The fraction of sp³-hybridized carbons (Fsp3) is 0.667. The Balaban J connectivity index is 2.22. The van der Waals surface area contributed by atoms with E-state index in [2.05, 4.69) is 11.1 Å². The van der Waals surface area contributed by atoms with E-state index in [0.717, 1.165) is 11.6 Å². The lowest BCUT2D eigenvalue weighted by atomic mass is 9.86. The normalized spacial score (nSPS) is 19.0. The number of aliphatic imine (C=N–C) groups is 1. The van der Waals surface area contributed by atoms with Gasteiger partial charge in [-0.15, -0.1) is 0 Å². The molecule has 10 heavy (non-hydrogen) atoms. The molecule has 0 heterocycles. The molecular weight excluding hydrogens is 122 g/mol. The van der Waals surface area contributed by atoms with Gasteiger partial charge in [-0.05, 0) is 32.6 Å². The van der Waals surface area contributed by atoms with Crippen molar-refractivity contribution in [1.82, 2.24) is 0 Å². The lowest BCUT2D eigenvalue weighted by Gasteiger charge is -2.20. The van der Waals surface area contributed by atoms with Crippen molar-refractivity contribution < 1.29 is 0 Å². The molecule has 0 bridgehead atoms. The average molecular weight is 137 g/mol. The van der Waals surface area contributed by atoms with Gasteiger partial charge in [0.05, 0.1) is 0 Å². The maximum atomic E-state index is 4.18. The Labute approximate surface area is 62.9 Å². The second-order valence-electron chi connectivity index (χ2n) is 3.11. The van der Waals surface area contributed by atoms with Crippen LogP contribution in [0.2, 0.25) is 0 Å². The fourth-order valence-electron chi connectivity index (χ4n) is 0.946. The number of hydrogen-bond donors (Lipinski definition) is 0. The van der Waals surface area contributed by atoms with E-state index in [4.69, 9.17) is 0 Å². The molecule has 0 N–H and O–H groups in total. The second-order valence-corrected chi connectivity index (χ2v) is 3.11. The van der Waals surface area contributed by atoms with E-state index in [9.17, 15) is 0 Å². The number of rotatable bonds is 2. The first-order valence-electron chi connectivity index (χ1n) is 3.96. The Bertz CT molecular complexity index is 148. The Morgan fingerprint density at radius 2 is 2.10 bits per heavy atom. The molecule has 1 heteroatoms. The van der Waals surface area contributed by atoms with Crippen LogP contribution in [0.15, 0.2) is 17.3 Å². The first-order valence-corrected chi connectivity index (χ1v) is 3.96. The molecule has 0 aromatic heterocycles. The van der Waals surface area contributed by atoms with Crippen molar-refractivity contribution in [3.8, 4) is 0 Å². The van der Waals surface area contributed by atoms with Crippen molar-refractivity contribution >= 4 is 5.71 Å². The van der Waals surface area contributed by atoms with E-state index in [1.807, 2.05) is 20.0 Å². The molecule has 0 saturated heterocycles. The summed E-state index contributed by atoms with van der Waals surface area (Å²) in [6.07, 6.45) is 8.31. The summed E-state index contributed by atoms with van der Waals surface area (Å²) >= 11 is 0. The van der Waals surface area contributed by atoms with Crippen molar-refractivity contribution in [3.63, 3.8) is 0 Å². The fourth-order valence-corrected chi connectivity index (χ4v) is 0.946. The molecule has 1 aliphatic carbocycles. The van der Waals surface area contributed by atoms with Crippen LogP contribution in [0.1, 0.15) is 33.1 Å². The summed E-state index contributed by atoms with van der Waals surface area (Å²) in [5.74, 6) is 0.836. The molecule has 1 saturated carbocycles. The van der Waals surface area contributed by atoms with Crippen molar-refractivity contribution in [2.24, 2.45) is 10.9 Å². The maximum Gasteiger partial charge on any atom is 0.0229 e. The first kappa shape index (κ1) is 7.52. The molecule has 0 radical (unpaired) electrons. The zero-order valence-corrected chi connectivity index (χ0v) is 6.80. The molecular formula is C9H15N. The zero-order chi connectivity index (χ0) is 7.40. The monoisotopic (exact) mass is 137 g/mol. The van der Waals surface area contributed by atoms with E-state index in [1.54, 1.807) is 0 Å². The van der Waals surface area contributed by atoms with Gasteiger partial charge in [0, 0.05) is 11.9 Å². The summed E-state index contributed by atoms with van der Waals surface area (Å²) in [6.45, 7) is 4.04. The van der Waals surface area contributed by atoms with E-state index in [-0.39, 0.29) is 0 Å². The highest BCUT2D eigenvalue weighted by molar-refractivity contribution is 5.79. The van der Waals surface area contributed by atoms with E-state index in [1.165, 1.54) is 19.3 Å². The zero-order valence-electron chi connectivity index (χ0n) is 6.80. The van der Waals surface area contributed by atoms with E-state index in [0.29, 0.717) is 0 Å². The van der Waals surface area contributed by atoms with Crippen LogP contribution in [0, 0.1) is 5.92 Å². The summed E-state index contributed by atoms with van der Waals surface area (Å²) in [6, 6.07) is 0. The average Bonchev–Trinajstić information content (AvgIpc) is 1.75. The van der Waals surface area contributed by atoms with Crippen molar-refractivity contribution in [2.45, 2.75) is 33.1 Å². The van der Waals surface area contributed by atoms with Gasteiger partial charge in [-0.2, -0.15) is 0 Å². The summed E-state index contributed by atoms with van der Waals surface area (Å²) < 4.78 is 0. The van der Waals surface area contributed by atoms with Gasteiger partial charge in [0.15, 0.2) is 0 Å². The molecule has 1 aliphatic rings. The van der Waals surface area contributed by atoms with Crippen LogP contribution in [0.3, 0.4) is 0 Å². The van der Waals surface area contributed by atoms with Crippen molar-refractivity contribution in [1.29, 1.82) is 0 Å². The minimum absolute atomic E-state index is 0.836. The smallest absolute Gasteiger partial charge is 0.0229 e. The van der Waals surface area contributed by atoms with Gasteiger partial charge in [-0.25, -0.2) is 0 Å². The van der Waals surface area contributed by atoms with Crippen LogP contribution >= 0.6 is 0 Å². The van der Waals surface area contributed by atoms with Gasteiger partial charge in [-0.1, -0.05) is 12.5 Å². The Hall–Kier alpha value is -0.590. The van der Waals surface area contributed by atoms with Crippen LogP contribution in [0.5, 0.6) is 0 Å². The highest BCUT2D eigenvalue weighted by Crippen LogP contribution is 2.27. The van der Waals surface area contributed by atoms with Gasteiger partial charge < -0.3 is 0 Å². The van der Waals surface area contributed by atoms with Gasteiger partial charge in [0.2, 0.25) is 0 Å². The Morgan fingerprint density at radius 1 is 1.40 bits per heavy atom. The number of allylic oxidation sites excluding steroid dienone is 1. The third-order valence-electron chi connectivity index (χ3n) is 1.84. The highest BCUT2D eigenvalue weighted by atomic mass is 14.7. The van der Waals surface area contributed by atoms with Crippen LogP contribution in [-0.2, 0) is 0 Å². The Kier molecular flexibility index (Phi) is 2.67. The maximum absolute atomic E-state index is 4.18. The number of nitrogens with zero attached hydrogens (tertiary/aromatic N) is 1. The topological polar surface area (TPSA) is 12.4 Å². The molecule has 1 fully saturated rings. The highest BCUT2D eigenvalue weighted by Gasteiger charge is 2.12. The molecule has 0 spiro atoms. The molecule has 0 atom stereocenters. The minimum Gasteiger partial charge on any atom is -0.267 e. The SMILES string of the molecule is CC(C)=N/C=C\C1CCC1. The lowest BCUT2D eigenvalue weighted by molar-refractivity contribution is 0.387. The summed E-state index contributed by atoms with van der Waals surface area (Å²) in [4.78, 5) is 4.18. The predicted octanol–water partition coefficient (Wildman–Crippen LogP) is 2.78. The van der Waals surface area contributed by atoms with Crippen molar-refractivity contribution in [3.05, 3.63) is 12.3 Å². The Morgan fingerprint density at radius 3 is 2.50 bits per heavy atom. The molecule has 0 unspecified atom stereocenters. The van der Waals surface area contributed by atoms with Gasteiger partial charge >= 0.3 is 0 Å². The third kappa shape index (κ3) is 2.34. The quantitative estimate of drug-likeness (QED) is 0.519. The summed E-state index contributed by atoms with van der Waals surface area (Å²) in [5, 5.41) is 0. The predicted molar refractivity (Wildman–Crippen MR) is 45.3 cm³/mol. The molecule has 0 aromatic rings. The van der Waals surface area contributed by atoms with E-state index < -0.39 is 0 Å². The van der Waals surface area contributed by atoms with Gasteiger partial charge in [0.25, 0.3) is 0 Å². The van der Waals surface area contributed by atoms with Crippen molar-refractivity contribution in [2.75, 3.05) is 0 Å². The first-order chi connectivity index (χ1) is 4.79. The second kappa shape index (κ2) is 3.55. The summed E-state index contributed by atoms with van der Waals surface area (Å²) in [7, 11) is 0. The third-order valence-corrected chi connectivity index (χ3v) is 1.84. The molecule has 1 rings (SSSR count). The van der Waals surface area contributed by atoms with Gasteiger partial charge in [0.1, 0.15) is 0 Å². The minimum atomic E-state index is 0.836. The number of hydrogen-bond acceptors (Lipinski definition) is 1. The molecule has 0 aromatic carbocycles. The van der Waals surface area contributed by atoms with Crippen LogP contribution in [0.4, 0.5) is 0 Å². The standard InChI is InChI=1S/C9H15N/c1-8(2)10-7-6-9-4-3-5-9/h6-7,9H,3-5H2,1-2H3/b7-6-. The molecule has 56 valence electrons. The molecule has 0 aliphatic heterocycles. The molecule has 0 amide bonds. The largest absolute Gasteiger partial charge is 0.267 e. The van der Waals surface area contributed by atoms with E-state index >= 15 is 0 Å². The lowest BCUT2D eigenvalue weighted by Crippen LogP contribution is -2.06. The molecule has 1 nitrogen and oxygen atoms in total.